The Labute approximate surface area is 113 Å². The molecule has 0 aromatic carbocycles. The molecule has 1 fully saturated rings. The van der Waals surface area contributed by atoms with Gasteiger partial charge in [-0.15, -0.1) is 0 Å². The molecule has 0 aliphatic heterocycles. The number of methoxy groups -OCH3 is 1. The van der Waals surface area contributed by atoms with Crippen molar-refractivity contribution in [1.29, 1.82) is 0 Å². The number of carboxylic acid groups (broad SMARTS) is 1. The second-order valence-electron chi connectivity index (χ2n) is 5.18. The fourth-order valence-corrected chi connectivity index (χ4v) is 2.17. The summed E-state index contributed by atoms with van der Waals surface area (Å²) in [5.41, 5.74) is -0.192. The summed E-state index contributed by atoms with van der Waals surface area (Å²) in [6.07, 6.45) is 3.89. The van der Waals surface area contributed by atoms with E-state index in [9.17, 15) is 9.59 Å². The molecule has 1 rings (SSSR count). The van der Waals surface area contributed by atoms with Crippen molar-refractivity contribution in [3.8, 4) is 0 Å². The Kier molecular flexibility index (Phi) is 6.08. The minimum Gasteiger partial charge on any atom is -0.481 e. The highest BCUT2D eigenvalue weighted by Gasteiger charge is 2.37. The summed E-state index contributed by atoms with van der Waals surface area (Å²) < 4.78 is 5.40. The number of hydrogen-bond acceptors (Lipinski definition) is 3. The summed E-state index contributed by atoms with van der Waals surface area (Å²) in [6, 6.07) is -0.257. The molecule has 1 aliphatic carbocycles. The van der Waals surface area contributed by atoms with Crippen LogP contribution in [0.3, 0.4) is 0 Å². The largest absolute Gasteiger partial charge is 0.481 e. The van der Waals surface area contributed by atoms with Gasteiger partial charge in [0, 0.05) is 26.6 Å². The van der Waals surface area contributed by atoms with Crippen molar-refractivity contribution < 1.29 is 19.4 Å². The lowest BCUT2D eigenvalue weighted by atomic mass is 9.80. The minimum atomic E-state index is -0.832. The third kappa shape index (κ3) is 5.06. The van der Waals surface area contributed by atoms with E-state index in [0.717, 1.165) is 25.7 Å². The molecule has 1 atom stereocenters. The number of nitrogens with one attached hydrogen (secondary N) is 2. The average Bonchev–Trinajstić information content (AvgIpc) is 2.33. The number of amides is 2. The summed E-state index contributed by atoms with van der Waals surface area (Å²) in [5, 5.41) is 14.2. The quantitative estimate of drug-likeness (QED) is 0.622. The van der Waals surface area contributed by atoms with E-state index >= 15 is 0 Å². The van der Waals surface area contributed by atoms with E-state index in [2.05, 4.69) is 10.6 Å². The zero-order valence-electron chi connectivity index (χ0n) is 11.7. The molecule has 6 nitrogen and oxygen atoms in total. The lowest BCUT2D eigenvalue weighted by Gasteiger charge is -2.40. The molecule has 1 unspecified atom stereocenters. The van der Waals surface area contributed by atoms with Crippen LogP contribution in [-0.2, 0) is 9.53 Å². The highest BCUT2D eigenvalue weighted by Crippen LogP contribution is 2.34. The van der Waals surface area contributed by atoms with E-state index in [1.54, 1.807) is 7.11 Å². The van der Waals surface area contributed by atoms with Gasteiger partial charge in [0.1, 0.15) is 0 Å². The maximum absolute atomic E-state index is 11.6. The number of hydrogen-bond donors (Lipinski definition) is 3. The molecular weight excluding hydrogens is 248 g/mol. The van der Waals surface area contributed by atoms with Gasteiger partial charge in [0.05, 0.1) is 5.60 Å². The van der Waals surface area contributed by atoms with Crippen LogP contribution in [0.15, 0.2) is 0 Å². The van der Waals surface area contributed by atoms with Crippen molar-refractivity contribution in [2.24, 2.45) is 5.92 Å². The predicted molar refractivity (Wildman–Crippen MR) is 71.0 cm³/mol. The summed E-state index contributed by atoms with van der Waals surface area (Å²) >= 11 is 0. The van der Waals surface area contributed by atoms with E-state index in [-0.39, 0.29) is 24.0 Å². The third-order valence-electron chi connectivity index (χ3n) is 3.86. The smallest absolute Gasteiger partial charge is 0.314 e. The van der Waals surface area contributed by atoms with Crippen molar-refractivity contribution in [3.63, 3.8) is 0 Å². The van der Waals surface area contributed by atoms with Gasteiger partial charge in [-0.05, 0) is 25.2 Å². The Balaban J connectivity index is 2.21. The van der Waals surface area contributed by atoms with Gasteiger partial charge in [-0.1, -0.05) is 13.3 Å². The molecule has 0 radical (unpaired) electrons. The number of rotatable bonds is 8. The van der Waals surface area contributed by atoms with Gasteiger partial charge in [0.25, 0.3) is 0 Å². The van der Waals surface area contributed by atoms with Gasteiger partial charge in [-0.2, -0.15) is 0 Å². The van der Waals surface area contributed by atoms with Crippen LogP contribution in [0.2, 0.25) is 0 Å². The molecule has 110 valence electrons. The first-order valence-electron chi connectivity index (χ1n) is 6.80. The predicted octanol–water partition coefficient (Wildman–Crippen LogP) is 1.36. The second-order valence-corrected chi connectivity index (χ2v) is 5.18. The molecule has 0 aromatic rings. The second kappa shape index (κ2) is 7.33. The van der Waals surface area contributed by atoms with Gasteiger partial charge >= 0.3 is 12.0 Å². The molecule has 0 saturated heterocycles. The Hall–Kier alpha value is -1.30. The van der Waals surface area contributed by atoms with Crippen molar-refractivity contribution in [1.82, 2.24) is 10.6 Å². The molecule has 2 amide bonds. The van der Waals surface area contributed by atoms with E-state index in [1.807, 2.05) is 6.92 Å². The normalized spacial score (nSPS) is 18.2. The number of urea groups is 1. The Morgan fingerprint density at radius 3 is 2.47 bits per heavy atom. The van der Waals surface area contributed by atoms with Gasteiger partial charge < -0.3 is 20.5 Å². The summed E-state index contributed by atoms with van der Waals surface area (Å²) in [6.45, 7) is 2.81. The van der Waals surface area contributed by atoms with Crippen LogP contribution < -0.4 is 10.6 Å². The van der Waals surface area contributed by atoms with E-state index in [0.29, 0.717) is 13.1 Å². The molecule has 0 aromatic heterocycles. The lowest BCUT2D eigenvalue weighted by molar-refractivity contribution is -0.138. The first kappa shape index (κ1) is 15.8. The van der Waals surface area contributed by atoms with Crippen LogP contribution >= 0.6 is 0 Å². The third-order valence-corrected chi connectivity index (χ3v) is 3.86. The van der Waals surface area contributed by atoms with Crippen LogP contribution in [0.4, 0.5) is 4.79 Å². The van der Waals surface area contributed by atoms with Crippen LogP contribution in [-0.4, -0.2) is 42.9 Å². The first-order chi connectivity index (χ1) is 9.01. The van der Waals surface area contributed by atoms with Gasteiger partial charge in [-0.3, -0.25) is 4.79 Å². The number of carboxylic acids is 1. The minimum absolute atomic E-state index is 0.0247. The van der Waals surface area contributed by atoms with Gasteiger partial charge in [0.2, 0.25) is 0 Å². The van der Waals surface area contributed by atoms with Crippen molar-refractivity contribution in [2.75, 3.05) is 20.2 Å². The van der Waals surface area contributed by atoms with E-state index < -0.39 is 5.97 Å². The van der Waals surface area contributed by atoms with Crippen molar-refractivity contribution in [3.05, 3.63) is 0 Å². The molecule has 1 saturated carbocycles. The molecule has 19 heavy (non-hydrogen) atoms. The van der Waals surface area contributed by atoms with E-state index in [4.69, 9.17) is 9.84 Å². The Bertz CT molecular complexity index is 310. The highest BCUT2D eigenvalue weighted by atomic mass is 16.5. The maximum Gasteiger partial charge on any atom is 0.314 e. The zero-order valence-corrected chi connectivity index (χ0v) is 11.7. The van der Waals surface area contributed by atoms with Gasteiger partial charge in [0.15, 0.2) is 0 Å². The topological polar surface area (TPSA) is 87.7 Å². The standard InChI is InChI=1S/C13H24N2O4/c1-3-10(7-11(16)17)8-14-12(18)15-9-13(19-2)5-4-6-13/h10H,3-9H2,1-2H3,(H,16,17)(H2,14,15,18). The molecular formula is C13H24N2O4. The molecule has 0 bridgehead atoms. The number of carbonyl (C=O) groups excluding carboxylic acids is 1. The van der Waals surface area contributed by atoms with E-state index in [1.165, 1.54) is 0 Å². The number of ether oxygens (including phenoxy) is 1. The summed E-state index contributed by atoms with van der Waals surface area (Å²) in [5.74, 6) is -0.856. The maximum atomic E-state index is 11.6. The molecule has 6 heteroatoms. The average molecular weight is 272 g/mol. The molecule has 0 heterocycles. The lowest BCUT2D eigenvalue weighted by Crippen LogP contribution is -2.51. The Morgan fingerprint density at radius 1 is 1.37 bits per heavy atom. The highest BCUT2D eigenvalue weighted by molar-refractivity contribution is 5.74. The number of carbonyl (C=O) groups is 2. The van der Waals surface area contributed by atoms with Crippen molar-refractivity contribution in [2.45, 2.75) is 44.6 Å². The molecule has 0 spiro atoms. The van der Waals surface area contributed by atoms with Crippen molar-refractivity contribution >= 4 is 12.0 Å². The monoisotopic (exact) mass is 272 g/mol. The van der Waals surface area contributed by atoms with Crippen LogP contribution in [0.5, 0.6) is 0 Å². The summed E-state index contributed by atoms with van der Waals surface area (Å²) in [4.78, 5) is 22.2. The van der Waals surface area contributed by atoms with Crippen LogP contribution in [0.1, 0.15) is 39.0 Å². The zero-order chi connectivity index (χ0) is 14.3. The summed E-state index contributed by atoms with van der Waals surface area (Å²) in [7, 11) is 1.67. The molecule has 3 N–H and O–H groups in total. The fraction of sp³-hybridized carbons (Fsp3) is 0.846. The van der Waals surface area contributed by atoms with Crippen LogP contribution in [0, 0.1) is 5.92 Å². The van der Waals surface area contributed by atoms with Crippen LogP contribution in [0.25, 0.3) is 0 Å². The molecule has 1 aliphatic rings. The number of aliphatic carboxylic acids is 1. The SMILES string of the molecule is CCC(CNC(=O)NCC1(OC)CCC1)CC(=O)O. The fourth-order valence-electron chi connectivity index (χ4n) is 2.17. The van der Waals surface area contributed by atoms with Gasteiger partial charge in [-0.25, -0.2) is 4.79 Å². The first-order valence-corrected chi connectivity index (χ1v) is 6.80. The Morgan fingerprint density at radius 2 is 2.05 bits per heavy atom.